The number of rotatable bonds is 7. The molecule has 0 atom stereocenters. The molecule has 2 aromatic rings. The zero-order valence-electron chi connectivity index (χ0n) is 17.3. The summed E-state index contributed by atoms with van der Waals surface area (Å²) in [6, 6.07) is 10.5. The summed E-state index contributed by atoms with van der Waals surface area (Å²) in [6.45, 7) is 6.34. The van der Waals surface area contributed by atoms with Gasteiger partial charge >= 0.3 is 0 Å². The number of hydrogen-bond acceptors (Lipinski definition) is 5. The lowest BCUT2D eigenvalue weighted by Crippen LogP contribution is -2.49. The monoisotopic (exact) mass is 571 g/mol. The van der Waals surface area contributed by atoms with E-state index >= 15 is 0 Å². The third-order valence-corrected chi connectivity index (χ3v) is 5.12. The van der Waals surface area contributed by atoms with Crippen molar-refractivity contribution in [2.45, 2.75) is 20.8 Å². The molecule has 2 aromatic carbocycles. The number of amides is 2. The minimum Gasteiger partial charge on any atom is -0.492 e. The number of benzene rings is 2. The topological polar surface area (TPSA) is 88.7 Å². The van der Waals surface area contributed by atoms with Crippen molar-refractivity contribution < 1.29 is 19.1 Å². The van der Waals surface area contributed by atoms with Crippen LogP contribution < -0.4 is 25.6 Å². The molecule has 2 rings (SSSR count). The first-order valence-electron chi connectivity index (χ1n) is 9.37. The SMILES string of the molecule is Cc1cc(Br)ccc1OCC(=O)NNC(=S)NC(=O)c1ccc(OCC(C)C)c(Br)c1. The number of aryl methyl sites for hydroxylation is 1. The first-order chi connectivity index (χ1) is 14.7. The molecule has 0 fully saturated rings. The van der Waals surface area contributed by atoms with Gasteiger partial charge < -0.3 is 9.47 Å². The average molecular weight is 573 g/mol. The Morgan fingerprint density at radius 1 is 1.03 bits per heavy atom. The summed E-state index contributed by atoms with van der Waals surface area (Å²) in [5, 5.41) is 2.45. The van der Waals surface area contributed by atoms with E-state index in [0.717, 1.165) is 10.0 Å². The van der Waals surface area contributed by atoms with Gasteiger partial charge in [0.15, 0.2) is 11.7 Å². The first kappa shape index (κ1) is 25.1. The maximum Gasteiger partial charge on any atom is 0.276 e. The normalized spacial score (nSPS) is 10.4. The van der Waals surface area contributed by atoms with Gasteiger partial charge in [-0.1, -0.05) is 29.8 Å². The largest absolute Gasteiger partial charge is 0.492 e. The molecule has 0 aromatic heterocycles. The fourth-order valence-electron chi connectivity index (χ4n) is 2.30. The van der Waals surface area contributed by atoms with Crippen LogP contribution in [0.1, 0.15) is 29.8 Å². The van der Waals surface area contributed by atoms with Gasteiger partial charge in [0.05, 0.1) is 11.1 Å². The lowest BCUT2D eigenvalue weighted by molar-refractivity contribution is -0.123. The van der Waals surface area contributed by atoms with E-state index in [9.17, 15) is 9.59 Å². The summed E-state index contributed by atoms with van der Waals surface area (Å²) < 4.78 is 12.7. The molecule has 166 valence electrons. The van der Waals surface area contributed by atoms with Crippen LogP contribution in [0, 0.1) is 12.8 Å². The molecule has 10 heteroatoms. The van der Waals surface area contributed by atoms with E-state index in [1.807, 2.05) is 19.1 Å². The van der Waals surface area contributed by atoms with Crippen LogP contribution in [-0.2, 0) is 4.79 Å². The van der Waals surface area contributed by atoms with E-state index in [1.54, 1.807) is 24.3 Å². The van der Waals surface area contributed by atoms with Crippen molar-refractivity contribution in [1.82, 2.24) is 16.2 Å². The van der Waals surface area contributed by atoms with Gasteiger partial charge in [0.25, 0.3) is 11.8 Å². The molecule has 0 saturated carbocycles. The second kappa shape index (κ2) is 12.0. The van der Waals surface area contributed by atoms with E-state index in [2.05, 4.69) is 61.9 Å². The predicted molar refractivity (Wildman–Crippen MR) is 130 cm³/mol. The van der Waals surface area contributed by atoms with Crippen molar-refractivity contribution in [3.63, 3.8) is 0 Å². The second-order valence-corrected chi connectivity index (χ2v) is 9.18. The minimum absolute atomic E-state index is 0.0468. The van der Waals surface area contributed by atoms with Crippen LogP contribution in [0.15, 0.2) is 45.3 Å². The van der Waals surface area contributed by atoms with Crippen molar-refractivity contribution in [3.8, 4) is 11.5 Å². The van der Waals surface area contributed by atoms with Gasteiger partial charge in [0.2, 0.25) is 0 Å². The van der Waals surface area contributed by atoms with Gasteiger partial charge in [-0.05, 0) is 83.0 Å². The maximum absolute atomic E-state index is 12.4. The summed E-state index contributed by atoms with van der Waals surface area (Å²) in [7, 11) is 0. The van der Waals surface area contributed by atoms with E-state index in [-0.39, 0.29) is 11.7 Å². The van der Waals surface area contributed by atoms with Gasteiger partial charge in [-0.25, -0.2) is 0 Å². The first-order valence-corrected chi connectivity index (χ1v) is 11.4. The molecule has 0 aliphatic rings. The zero-order valence-corrected chi connectivity index (χ0v) is 21.2. The number of hydrazine groups is 1. The van der Waals surface area contributed by atoms with Gasteiger partial charge in [0.1, 0.15) is 11.5 Å². The Labute approximate surface area is 203 Å². The smallest absolute Gasteiger partial charge is 0.276 e. The number of nitrogens with one attached hydrogen (secondary N) is 3. The van der Waals surface area contributed by atoms with E-state index in [0.29, 0.717) is 34.1 Å². The highest BCUT2D eigenvalue weighted by atomic mass is 79.9. The molecule has 0 spiro atoms. The van der Waals surface area contributed by atoms with Crippen molar-refractivity contribution >= 4 is 61.0 Å². The van der Waals surface area contributed by atoms with Gasteiger partial charge in [0, 0.05) is 10.0 Å². The molecule has 3 N–H and O–H groups in total. The number of carbonyl (C=O) groups excluding carboxylic acids is 2. The highest BCUT2D eigenvalue weighted by Crippen LogP contribution is 2.26. The third-order valence-electron chi connectivity index (χ3n) is 3.80. The molecular weight excluding hydrogens is 550 g/mol. The number of hydrogen-bond donors (Lipinski definition) is 3. The summed E-state index contributed by atoms with van der Waals surface area (Å²) in [4.78, 5) is 24.3. The molecule has 0 unspecified atom stereocenters. The van der Waals surface area contributed by atoms with Crippen molar-refractivity contribution in [2.24, 2.45) is 5.92 Å². The molecule has 0 aliphatic carbocycles. The summed E-state index contributed by atoms with van der Waals surface area (Å²) >= 11 is 11.8. The van der Waals surface area contributed by atoms with E-state index < -0.39 is 11.8 Å². The maximum atomic E-state index is 12.4. The fourth-order valence-corrected chi connectivity index (χ4v) is 3.42. The standard InChI is InChI=1S/C21H23Br2N3O4S/c1-12(2)10-29-18-6-4-14(9-16(18)23)20(28)24-21(31)26-25-19(27)11-30-17-7-5-15(22)8-13(17)3/h4-9,12H,10-11H2,1-3H3,(H,25,27)(H2,24,26,28,31). The Morgan fingerprint density at radius 3 is 2.39 bits per heavy atom. The Hall–Kier alpha value is -2.17. The molecule has 0 radical (unpaired) electrons. The predicted octanol–water partition coefficient (Wildman–Crippen LogP) is 4.27. The highest BCUT2D eigenvalue weighted by Gasteiger charge is 2.12. The minimum atomic E-state index is -0.451. The van der Waals surface area contributed by atoms with Crippen molar-refractivity contribution in [1.29, 1.82) is 0 Å². The quantitative estimate of drug-likeness (QED) is 0.339. The van der Waals surface area contributed by atoms with Crippen LogP contribution in [0.2, 0.25) is 0 Å². The van der Waals surface area contributed by atoms with Crippen molar-refractivity contribution in [2.75, 3.05) is 13.2 Å². The molecule has 0 heterocycles. The molecule has 7 nitrogen and oxygen atoms in total. The molecule has 0 saturated heterocycles. The number of ether oxygens (including phenoxy) is 2. The Kier molecular flexibility index (Phi) is 9.73. The van der Waals surface area contributed by atoms with Crippen LogP contribution in [0.5, 0.6) is 11.5 Å². The van der Waals surface area contributed by atoms with Gasteiger partial charge in [-0.15, -0.1) is 0 Å². The van der Waals surface area contributed by atoms with Crippen LogP contribution in [-0.4, -0.2) is 30.1 Å². The fraction of sp³-hybridized carbons (Fsp3) is 0.286. The van der Waals surface area contributed by atoms with Crippen LogP contribution in [0.4, 0.5) is 0 Å². The van der Waals surface area contributed by atoms with Gasteiger partial charge in [-0.3, -0.25) is 25.8 Å². The molecule has 31 heavy (non-hydrogen) atoms. The number of carbonyl (C=O) groups is 2. The lowest BCUT2D eigenvalue weighted by atomic mass is 10.2. The lowest BCUT2D eigenvalue weighted by Gasteiger charge is -2.13. The Balaban J connectivity index is 1.79. The molecule has 2 amide bonds. The zero-order chi connectivity index (χ0) is 23.0. The molecule has 0 bridgehead atoms. The van der Waals surface area contributed by atoms with E-state index in [1.165, 1.54) is 0 Å². The van der Waals surface area contributed by atoms with Gasteiger partial charge in [-0.2, -0.15) is 0 Å². The average Bonchev–Trinajstić information content (AvgIpc) is 2.70. The second-order valence-electron chi connectivity index (χ2n) is 7.00. The third kappa shape index (κ3) is 8.47. The van der Waals surface area contributed by atoms with Crippen LogP contribution >= 0.6 is 44.1 Å². The summed E-state index contributed by atoms with van der Waals surface area (Å²) in [6.07, 6.45) is 0. The molecule has 0 aliphatic heterocycles. The van der Waals surface area contributed by atoms with Crippen molar-refractivity contribution in [3.05, 3.63) is 56.5 Å². The number of halogens is 2. The van der Waals surface area contributed by atoms with Crippen LogP contribution in [0.25, 0.3) is 0 Å². The Bertz CT molecular complexity index is 970. The summed E-state index contributed by atoms with van der Waals surface area (Å²) in [5.74, 6) is 0.760. The molecular formula is C21H23Br2N3O4S. The summed E-state index contributed by atoms with van der Waals surface area (Å²) in [5.41, 5.74) is 6.13. The van der Waals surface area contributed by atoms with Crippen LogP contribution in [0.3, 0.4) is 0 Å². The Morgan fingerprint density at radius 2 is 1.74 bits per heavy atom. The van der Waals surface area contributed by atoms with E-state index in [4.69, 9.17) is 21.7 Å². The number of thiocarbonyl (C=S) groups is 1. The highest BCUT2D eigenvalue weighted by molar-refractivity contribution is 9.10.